The molecule has 104 valence electrons. The largest absolute Gasteiger partial charge is 0.386 e. The number of rotatable bonds is 3. The smallest absolute Gasteiger partial charge is 0.260 e. The fourth-order valence-electron chi connectivity index (χ4n) is 1.73. The van der Waals surface area contributed by atoms with Crippen molar-refractivity contribution in [3.05, 3.63) is 57.3 Å². The second-order valence-corrected chi connectivity index (χ2v) is 5.23. The van der Waals surface area contributed by atoms with Crippen molar-refractivity contribution < 1.29 is 9.18 Å². The molecule has 0 aliphatic heterocycles. The first kappa shape index (κ1) is 14.8. The van der Waals surface area contributed by atoms with Crippen molar-refractivity contribution in [2.45, 2.75) is 0 Å². The molecule has 0 radical (unpaired) electrons. The molecule has 0 fully saturated rings. The van der Waals surface area contributed by atoms with Crippen molar-refractivity contribution in [3.63, 3.8) is 0 Å². The summed E-state index contributed by atoms with van der Waals surface area (Å²) in [6, 6.07) is 10.0. The van der Waals surface area contributed by atoms with Gasteiger partial charge in [-0.15, -0.1) is 0 Å². The van der Waals surface area contributed by atoms with Crippen LogP contribution in [0.3, 0.4) is 0 Å². The van der Waals surface area contributed by atoms with Crippen molar-refractivity contribution in [2.24, 2.45) is 0 Å². The highest BCUT2D eigenvalue weighted by molar-refractivity contribution is 9.10. The lowest BCUT2D eigenvalue weighted by atomic mass is 10.2. The third-order valence-electron chi connectivity index (χ3n) is 2.72. The van der Waals surface area contributed by atoms with Crippen LogP contribution in [0.1, 0.15) is 10.4 Å². The SMILES string of the molecule is CNc1ccccc1NC(=O)c1c(Cl)ccc(Br)c1F. The van der Waals surface area contributed by atoms with Crippen molar-refractivity contribution in [1.82, 2.24) is 0 Å². The molecule has 2 aromatic carbocycles. The average molecular weight is 358 g/mol. The van der Waals surface area contributed by atoms with Crippen LogP contribution in [0, 0.1) is 5.82 Å². The van der Waals surface area contributed by atoms with Crippen LogP contribution >= 0.6 is 27.5 Å². The van der Waals surface area contributed by atoms with Crippen LogP contribution in [0.25, 0.3) is 0 Å². The van der Waals surface area contributed by atoms with Crippen molar-refractivity contribution in [1.29, 1.82) is 0 Å². The summed E-state index contributed by atoms with van der Waals surface area (Å²) in [4.78, 5) is 12.2. The number of nitrogens with one attached hydrogen (secondary N) is 2. The van der Waals surface area contributed by atoms with E-state index in [1.165, 1.54) is 12.1 Å². The molecule has 0 aromatic heterocycles. The van der Waals surface area contributed by atoms with E-state index in [1.54, 1.807) is 25.2 Å². The van der Waals surface area contributed by atoms with Gasteiger partial charge in [-0.25, -0.2) is 4.39 Å². The topological polar surface area (TPSA) is 41.1 Å². The first-order valence-electron chi connectivity index (χ1n) is 5.76. The number of benzene rings is 2. The normalized spacial score (nSPS) is 10.2. The second-order valence-electron chi connectivity index (χ2n) is 3.97. The molecule has 0 heterocycles. The monoisotopic (exact) mass is 356 g/mol. The Kier molecular flexibility index (Phi) is 4.62. The van der Waals surface area contributed by atoms with Crippen molar-refractivity contribution >= 4 is 44.8 Å². The van der Waals surface area contributed by atoms with Crippen LogP contribution < -0.4 is 10.6 Å². The minimum Gasteiger partial charge on any atom is -0.386 e. The van der Waals surface area contributed by atoms with Crippen molar-refractivity contribution in [2.75, 3.05) is 17.7 Å². The molecule has 0 atom stereocenters. The minimum atomic E-state index is -0.683. The molecule has 3 nitrogen and oxygen atoms in total. The van der Waals surface area contributed by atoms with E-state index in [-0.39, 0.29) is 15.1 Å². The summed E-state index contributed by atoms with van der Waals surface area (Å²) in [5.41, 5.74) is 1.09. The van der Waals surface area contributed by atoms with Gasteiger partial charge >= 0.3 is 0 Å². The summed E-state index contributed by atoms with van der Waals surface area (Å²) in [6.07, 6.45) is 0. The maximum Gasteiger partial charge on any atom is 0.260 e. The molecule has 1 amide bonds. The van der Waals surface area contributed by atoms with Crippen LogP contribution in [0.2, 0.25) is 5.02 Å². The van der Waals surface area contributed by atoms with E-state index < -0.39 is 11.7 Å². The molecule has 2 rings (SSSR count). The van der Waals surface area contributed by atoms with Gasteiger partial charge < -0.3 is 10.6 Å². The van der Waals surface area contributed by atoms with Gasteiger partial charge in [0.25, 0.3) is 5.91 Å². The van der Waals surface area contributed by atoms with Gasteiger partial charge in [-0.2, -0.15) is 0 Å². The van der Waals surface area contributed by atoms with Gasteiger partial charge in [0.1, 0.15) is 0 Å². The predicted molar refractivity (Wildman–Crippen MR) is 83.1 cm³/mol. The Hall–Kier alpha value is -1.59. The number of anilines is 2. The zero-order valence-electron chi connectivity index (χ0n) is 10.5. The zero-order valence-corrected chi connectivity index (χ0v) is 12.8. The van der Waals surface area contributed by atoms with Crippen LogP contribution in [-0.4, -0.2) is 13.0 Å². The Morgan fingerprint density at radius 1 is 1.20 bits per heavy atom. The highest BCUT2D eigenvalue weighted by atomic mass is 79.9. The lowest BCUT2D eigenvalue weighted by Crippen LogP contribution is -2.15. The Morgan fingerprint density at radius 2 is 1.85 bits per heavy atom. The molecule has 0 aliphatic rings. The number of hydrogen-bond acceptors (Lipinski definition) is 2. The van der Waals surface area contributed by atoms with Gasteiger partial charge in [-0.1, -0.05) is 23.7 Å². The average Bonchev–Trinajstić information content (AvgIpc) is 2.44. The van der Waals surface area contributed by atoms with E-state index in [2.05, 4.69) is 26.6 Å². The van der Waals surface area contributed by atoms with Gasteiger partial charge in [-0.05, 0) is 40.2 Å². The van der Waals surface area contributed by atoms with E-state index >= 15 is 0 Å². The van der Waals surface area contributed by atoms with E-state index in [1.807, 2.05) is 6.07 Å². The molecule has 2 aromatic rings. The minimum absolute atomic E-state index is 0.0603. The van der Waals surface area contributed by atoms with Crippen LogP contribution in [0.5, 0.6) is 0 Å². The molecule has 0 saturated heterocycles. The Balaban J connectivity index is 2.36. The number of halogens is 3. The van der Waals surface area contributed by atoms with Gasteiger partial charge in [0.15, 0.2) is 5.82 Å². The first-order valence-corrected chi connectivity index (χ1v) is 6.93. The Morgan fingerprint density at radius 3 is 2.50 bits per heavy atom. The lowest BCUT2D eigenvalue weighted by molar-refractivity contribution is 0.102. The van der Waals surface area contributed by atoms with E-state index in [9.17, 15) is 9.18 Å². The summed E-state index contributed by atoms with van der Waals surface area (Å²) in [7, 11) is 1.73. The van der Waals surface area contributed by atoms with E-state index in [0.29, 0.717) is 5.69 Å². The third kappa shape index (κ3) is 2.94. The number of hydrogen-bond donors (Lipinski definition) is 2. The summed E-state index contributed by atoms with van der Waals surface area (Å²) < 4.78 is 14.2. The fraction of sp³-hybridized carbons (Fsp3) is 0.0714. The molecule has 6 heteroatoms. The molecule has 0 bridgehead atoms. The summed E-state index contributed by atoms with van der Waals surface area (Å²) in [6.45, 7) is 0. The predicted octanol–water partition coefficient (Wildman–Crippen LogP) is 4.54. The molecular formula is C14H11BrClFN2O. The Labute approximate surface area is 129 Å². The van der Waals surface area contributed by atoms with Gasteiger partial charge in [0.2, 0.25) is 0 Å². The number of amides is 1. The van der Waals surface area contributed by atoms with Crippen LogP contribution in [0.15, 0.2) is 40.9 Å². The van der Waals surface area contributed by atoms with Gasteiger partial charge in [0.05, 0.1) is 26.4 Å². The summed E-state index contributed by atoms with van der Waals surface area (Å²) in [5, 5.41) is 5.64. The fourth-order valence-corrected chi connectivity index (χ4v) is 2.29. The summed E-state index contributed by atoms with van der Waals surface area (Å²) >= 11 is 8.94. The molecule has 0 saturated carbocycles. The quantitative estimate of drug-likeness (QED) is 0.792. The van der Waals surface area contributed by atoms with Crippen LogP contribution in [-0.2, 0) is 0 Å². The first-order chi connectivity index (χ1) is 9.54. The maximum atomic E-state index is 14.0. The number of carbonyl (C=O) groups excluding carboxylic acids is 1. The number of carbonyl (C=O) groups is 1. The standard InChI is InChI=1S/C14H11BrClFN2O/c1-18-10-4-2-3-5-11(10)19-14(20)12-9(16)7-6-8(15)13(12)17/h2-7,18H,1H3,(H,19,20). The van der Waals surface area contributed by atoms with E-state index in [4.69, 9.17) is 11.6 Å². The molecule has 2 N–H and O–H groups in total. The van der Waals surface area contributed by atoms with Gasteiger partial charge in [0, 0.05) is 7.05 Å². The molecular weight excluding hydrogens is 347 g/mol. The van der Waals surface area contributed by atoms with Crippen LogP contribution in [0.4, 0.5) is 15.8 Å². The maximum absolute atomic E-state index is 14.0. The molecule has 20 heavy (non-hydrogen) atoms. The Bertz CT molecular complexity index is 664. The molecule has 0 unspecified atom stereocenters. The zero-order chi connectivity index (χ0) is 14.7. The summed E-state index contributed by atoms with van der Waals surface area (Å²) in [5.74, 6) is -1.28. The third-order valence-corrected chi connectivity index (χ3v) is 3.64. The number of para-hydroxylation sites is 2. The second kappa shape index (κ2) is 6.24. The lowest BCUT2D eigenvalue weighted by Gasteiger charge is -2.12. The highest BCUT2D eigenvalue weighted by Gasteiger charge is 2.19. The molecule has 0 spiro atoms. The van der Waals surface area contributed by atoms with E-state index in [0.717, 1.165) is 5.69 Å². The van der Waals surface area contributed by atoms with Crippen molar-refractivity contribution in [3.8, 4) is 0 Å². The highest BCUT2D eigenvalue weighted by Crippen LogP contribution is 2.28. The molecule has 0 aliphatic carbocycles. The van der Waals surface area contributed by atoms with Gasteiger partial charge in [-0.3, -0.25) is 4.79 Å².